The van der Waals surface area contributed by atoms with Crippen molar-refractivity contribution in [2.24, 2.45) is 0 Å². The Morgan fingerprint density at radius 1 is 1.41 bits per heavy atom. The molecule has 1 aliphatic rings. The number of nitrogens with zero attached hydrogens (tertiary/aromatic N) is 2. The topological polar surface area (TPSA) is 80.1 Å². The van der Waals surface area contributed by atoms with Crippen molar-refractivity contribution < 1.29 is 9.32 Å². The van der Waals surface area contributed by atoms with Crippen LogP contribution in [-0.4, -0.2) is 28.8 Å². The quantitative estimate of drug-likeness (QED) is 0.827. The minimum Gasteiger partial charge on any atom is -0.343 e. The van der Waals surface area contributed by atoms with Gasteiger partial charge in [0.25, 0.3) is 0 Å². The van der Waals surface area contributed by atoms with Gasteiger partial charge < -0.3 is 15.2 Å². The van der Waals surface area contributed by atoms with Gasteiger partial charge in [-0.15, -0.1) is 0 Å². The summed E-state index contributed by atoms with van der Waals surface area (Å²) in [5.74, 6) is 0.614. The highest BCUT2D eigenvalue weighted by Gasteiger charge is 2.15. The summed E-state index contributed by atoms with van der Waals surface area (Å²) in [6, 6.07) is 0.245. The highest BCUT2D eigenvalue weighted by molar-refractivity contribution is 5.74. The predicted molar refractivity (Wildman–Crippen MR) is 61.4 cm³/mol. The number of hydrogen-bond acceptors (Lipinski definition) is 4. The van der Waals surface area contributed by atoms with Gasteiger partial charge in [-0.3, -0.25) is 0 Å². The van der Waals surface area contributed by atoms with Crippen molar-refractivity contribution in [3.05, 3.63) is 12.2 Å². The van der Waals surface area contributed by atoms with E-state index in [1.807, 2.05) is 0 Å². The molecule has 0 aromatic carbocycles. The fourth-order valence-electron chi connectivity index (χ4n) is 2.07. The molecule has 0 atom stereocenters. The van der Waals surface area contributed by atoms with E-state index in [0.29, 0.717) is 24.8 Å². The summed E-state index contributed by atoms with van der Waals surface area (Å²) < 4.78 is 4.60. The lowest BCUT2D eigenvalue weighted by molar-refractivity contribution is 0.232. The highest BCUT2D eigenvalue weighted by atomic mass is 16.5. The van der Waals surface area contributed by atoms with Crippen LogP contribution in [0.2, 0.25) is 0 Å². The van der Waals surface area contributed by atoms with E-state index in [2.05, 4.69) is 25.3 Å². The summed E-state index contributed by atoms with van der Waals surface area (Å²) in [4.78, 5) is 15.4. The fraction of sp³-hybridized carbons (Fsp3) is 0.727. The summed E-state index contributed by atoms with van der Waals surface area (Å²) in [5, 5.41) is 9.45. The molecule has 1 fully saturated rings. The Labute approximate surface area is 100 Å². The Morgan fingerprint density at radius 3 is 2.94 bits per heavy atom. The number of carbonyl (C=O) groups is 1. The van der Waals surface area contributed by atoms with Crippen LogP contribution in [0.25, 0.3) is 0 Å². The molecule has 1 aromatic rings. The van der Waals surface area contributed by atoms with Gasteiger partial charge in [0.1, 0.15) is 0 Å². The standard InChI is InChI=1S/C11H18N4O2/c16-11(14-9-4-2-1-3-5-9)12-7-6-10-13-8-17-15-10/h8-9H,1-7H2,(H2,12,14,16). The van der Waals surface area contributed by atoms with Gasteiger partial charge in [-0.05, 0) is 12.8 Å². The molecule has 1 aromatic heterocycles. The summed E-state index contributed by atoms with van der Waals surface area (Å²) >= 11 is 0. The first kappa shape index (κ1) is 11.9. The first-order valence-corrected chi connectivity index (χ1v) is 6.14. The van der Waals surface area contributed by atoms with Gasteiger partial charge in [0.05, 0.1) is 0 Å². The molecular formula is C11H18N4O2. The smallest absolute Gasteiger partial charge is 0.315 e. The van der Waals surface area contributed by atoms with Crippen LogP contribution >= 0.6 is 0 Å². The summed E-state index contributed by atoms with van der Waals surface area (Å²) in [6.45, 7) is 0.526. The summed E-state index contributed by atoms with van der Waals surface area (Å²) in [5.41, 5.74) is 0. The van der Waals surface area contributed by atoms with Gasteiger partial charge in [-0.1, -0.05) is 24.4 Å². The molecule has 6 nitrogen and oxygen atoms in total. The average molecular weight is 238 g/mol. The zero-order chi connectivity index (χ0) is 11.9. The maximum atomic E-state index is 11.6. The van der Waals surface area contributed by atoms with Gasteiger partial charge in [0.2, 0.25) is 6.39 Å². The van der Waals surface area contributed by atoms with Crippen molar-refractivity contribution in [2.45, 2.75) is 44.6 Å². The Balaban J connectivity index is 1.60. The van der Waals surface area contributed by atoms with E-state index in [1.54, 1.807) is 0 Å². The Kier molecular flexibility index (Phi) is 4.35. The van der Waals surface area contributed by atoms with Crippen molar-refractivity contribution in [3.8, 4) is 0 Å². The van der Waals surface area contributed by atoms with Gasteiger partial charge in [0.15, 0.2) is 5.82 Å². The lowest BCUT2D eigenvalue weighted by atomic mass is 9.96. The number of nitrogens with one attached hydrogen (secondary N) is 2. The van der Waals surface area contributed by atoms with Crippen molar-refractivity contribution in [1.82, 2.24) is 20.8 Å². The Bertz CT molecular complexity index is 333. The van der Waals surface area contributed by atoms with Crippen LogP contribution in [0.15, 0.2) is 10.9 Å². The first-order valence-electron chi connectivity index (χ1n) is 6.14. The maximum absolute atomic E-state index is 11.6. The van der Waals surface area contributed by atoms with Crippen molar-refractivity contribution in [3.63, 3.8) is 0 Å². The van der Waals surface area contributed by atoms with E-state index in [-0.39, 0.29) is 6.03 Å². The molecule has 1 saturated carbocycles. The number of urea groups is 1. The third kappa shape index (κ3) is 4.05. The fourth-order valence-corrected chi connectivity index (χ4v) is 2.07. The minimum atomic E-state index is -0.0969. The molecule has 2 N–H and O–H groups in total. The van der Waals surface area contributed by atoms with E-state index in [0.717, 1.165) is 12.8 Å². The number of hydrogen-bond donors (Lipinski definition) is 2. The van der Waals surface area contributed by atoms with Crippen molar-refractivity contribution in [1.29, 1.82) is 0 Å². The van der Waals surface area contributed by atoms with Gasteiger partial charge in [-0.25, -0.2) is 4.79 Å². The predicted octanol–water partition coefficient (Wildman–Crippen LogP) is 1.24. The van der Waals surface area contributed by atoms with Crippen LogP contribution in [-0.2, 0) is 6.42 Å². The minimum absolute atomic E-state index is 0.0969. The molecule has 0 bridgehead atoms. The molecule has 2 rings (SSSR count). The SMILES string of the molecule is O=C(NCCc1ncon1)NC1CCCCC1. The molecule has 1 heterocycles. The third-order valence-corrected chi connectivity index (χ3v) is 2.98. The Morgan fingerprint density at radius 2 is 2.24 bits per heavy atom. The van der Waals surface area contributed by atoms with E-state index >= 15 is 0 Å². The molecule has 0 saturated heterocycles. The molecule has 1 aliphatic carbocycles. The summed E-state index contributed by atoms with van der Waals surface area (Å²) in [7, 11) is 0. The van der Waals surface area contributed by atoms with Gasteiger partial charge >= 0.3 is 6.03 Å². The van der Waals surface area contributed by atoms with E-state index in [1.165, 1.54) is 25.7 Å². The lowest BCUT2D eigenvalue weighted by Crippen LogP contribution is -2.43. The highest BCUT2D eigenvalue weighted by Crippen LogP contribution is 2.16. The van der Waals surface area contributed by atoms with Crippen LogP contribution < -0.4 is 10.6 Å². The monoisotopic (exact) mass is 238 g/mol. The molecule has 0 spiro atoms. The molecule has 94 valence electrons. The number of carbonyl (C=O) groups excluding carboxylic acids is 1. The molecule has 6 heteroatoms. The van der Waals surface area contributed by atoms with Gasteiger partial charge in [-0.2, -0.15) is 4.98 Å². The van der Waals surface area contributed by atoms with E-state index in [9.17, 15) is 4.79 Å². The second-order valence-electron chi connectivity index (χ2n) is 4.33. The second-order valence-corrected chi connectivity index (χ2v) is 4.33. The van der Waals surface area contributed by atoms with Crippen LogP contribution in [0, 0.1) is 0 Å². The maximum Gasteiger partial charge on any atom is 0.315 e. The Hall–Kier alpha value is -1.59. The average Bonchev–Trinajstić information content (AvgIpc) is 2.83. The van der Waals surface area contributed by atoms with Crippen LogP contribution in [0.3, 0.4) is 0 Å². The molecule has 0 radical (unpaired) electrons. The van der Waals surface area contributed by atoms with Crippen LogP contribution in [0.5, 0.6) is 0 Å². The van der Waals surface area contributed by atoms with Gasteiger partial charge in [0, 0.05) is 19.0 Å². The lowest BCUT2D eigenvalue weighted by Gasteiger charge is -2.22. The van der Waals surface area contributed by atoms with E-state index in [4.69, 9.17) is 0 Å². The van der Waals surface area contributed by atoms with Crippen LogP contribution in [0.1, 0.15) is 37.9 Å². The zero-order valence-electron chi connectivity index (χ0n) is 9.82. The largest absolute Gasteiger partial charge is 0.343 e. The first-order chi connectivity index (χ1) is 8.34. The zero-order valence-corrected chi connectivity index (χ0v) is 9.82. The molecule has 17 heavy (non-hydrogen) atoms. The summed E-state index contributed by atoms with van der Waals surface area (Å²) in [6.07, 6.45) is 7.79. The normalized spacial score (nSPS) is 16.7. The second kappa shape index (κ2) is 6.22. The molecule has 0 aliphatic heterocycles. The number of rotatable bonds is 4. The number of aromatic nitrogens is 2. The third-order valence-electron chi connectivity index (χ3n) is 2.98. The van der Waals surface area contributed by atoms with Crippen molar-refractivity contribution in [2.75, 3.05) is 6.54 Å². The van der Waals surface area contributed by atoms with Crippen LogP contribution in [0.4, 0.5) is 4.79 Å². The molecule has 2 amide bonds. The molecule has 0 unspecified atom stereocenters. The van der Waals surface area contributed by atoms with E-state index < -0.39 is 0 Å². The number of amides is 2. The molecular weight excluding hydrogens is 220 g/mol. The van der Waals surface area contributed by atoms with Crippen molar-refractivity contribution >= 4 is 6.03 Å².